The second-order valence-electron chi connectivity index (χ2n) is 4.73. The van der Waals surface area contributed by atoms with Crippen molar-refractivity contribution in [1.82, 2.24) is 4.98 Å². The molecule has 0 radical (unpaired) electrons. The fraction of sp³-hybridized carbons (Fsp3) is 0. The second kappa shape index (κ2) is 6.68. The van der Waals surface area contributed by atoms with Gasteiger partial charge in [-0.3, -0.25) is 9.79 Å². The summed E-state index contributed by atoms with van der Waals surface area (Å²) in [4.78, 5) is 19.8. The monoisotopic (exact) mass is 340 g/mol. The topological polar surface area (TPSA) is 65.5 Å². The van der Waals surface area contributed by atoms with Gasteiger partial charge >= 0.3 is 0 Å². The molecule has 0 fully saturated rings. The zero-order valence-electron chi connectivity index (χ0n) is 11.9. The zero-order valence-corrected chi connectivity index (χ0v) is 13.5. The minimum Gasteiger partial charge on any atom is -0.494 e. The molecule has 0 amide bonds. The number of nitrogens with zero attached hydrogens (tertiary/aromatic N) is 1. The summed E-state index contributed by atoms with van der Waals surface area (Å²) in [7, 11) is 0. The molecule has 3 aromatic rings. The van der Waals surface area contributed by atoms with E-state index < -0.39 is 0 Å². The summed E-state index contributed by atoms with van der Waals surface area (Å²) < 4.78 is 0.493. The standard InChI is InChI=1S/C17H12N2O2S2/c20-15(11-4-2-1-3-5-11)12-6-8-13(9-7-12)18-10-14-16(21)19-17(22)23-14/h1-10,21H,(H,19,22). The third kappa shape index (κ3) is 3.61. The van der Waals surface area contributed by atoms with Crippen LogP contribution in [0.2, 0.25) is 0 Å². The number of thiazole rings is 1. The lowest BCUT2D eigenvalue weighted by Crippen LogP contribution is -2.00. The highest BCUT2D eigenvalue weighted by Crippen LogP contribution is 2.21. The summed E-state index contributed by atoms with van der Waals surface area (Å²) in [6.07, 6.45) is 1.54. The first-order chi connectivity index (χ1) is 11.1. The second-order valence-corrected chi connectivity index (χ2v) is 6.45. The van der Waals surface area contributed by atoms with E-state index in [-0.39, 0.29) is 11.7 Å². The fourth-order valence-corrected chi connectivity index (χ4v) is 2.97. The average Bonchev–Trinajstić information content (AvgIpc) is 2.91. The van der Waals surface area contributed by atoms with Crippen LogP contribution in [0.1, 0.15) is 20.8 Å². The summed E-state index contributed by atoms with van der Waals surface area (Å²) in [6.45, 7) is 0. The summed E-state index contributed by atoms with van der Waals surface area (Å²) in [6, 6.07) is 16.1. The first kappa shape index (κ1) is 15.3. The predicted molar refractivity (Wildman–Crippen MR) is 94.7 cm³/mol. The molecule has 0 spiro atoms. The molecule has 0 aliphatic rings. The fourth-order valence-electron chi connectivity index (χ4n) is 2.01. The van der Waals surface area contributed by atoms with Crippen LogP contribution < -0.4 is 0 Å². The van der Waals surface area contributed by atoms with Gasteiger partial charge in [0.2, 0.25) is 5.88 Å². The number of aromatic nitrogens is 1. The predicted octanol–water partition coefficient (Wildman–Crippen LogP) is 4.49. The molecule has 0 bridgehead atoms. The van der Waals surface area contributed by atoms with E-state index in [1.165, 1.54) is 11.3 Å². The Hall–Kier alpha value is -2.57. The maximum Gasteiger partial charge on any atom is 0.209 e. The highest BCUT2D eigenvalue weighted by Gasteiger charge is 2.08. The lowest BCUT2D eigenvalue weighted by molar-refractivity contribution is 0.103. The van der Waals surface area contributed by atoms with E-state index >= 15 is 0 Å². The molecule has 1 aromatic heterocycles. The van der Waals surface area contributed by atoms with Crippen molar-refractivity contribution in [1.29, 1.82) is 0 Å². The van der Waals surface area contributed by atoms with Crippen molar-refractivity contribution >= 4 is 41.2 Å². The molecule has 0 saturated heterocycles. The van der Waals surface area contributed by atoms with Gasteiger partial charge in [0.1, 0.15) is 4.88 Å². The summed E-state index contributed by atoms with van der Waals surface area (Å²) in [5.41, 5.74) is 1.95. The van der Waals surface area contributed by atoms with Crippen molar-refractivity contribution in [3.05, 3.63) is 74.6 Å². The SMILES string of the molecule is O=C(c1ccccc1)c1ccc(N=Cc2sc(=S)[nH]c2O)cc1. The number of nitrogens with one attached hydrogen (secondary N) is 1. The van der Waals surface area contributed by atoms with E-state index in [0.717, 1.165) is 0 Å². The van der Waals surface area contributed by atoms with Gasteiger partial charge in [0.25, 0.3) is 0 Å². The molecule has 0 saturated carbocycles. The molecule has 114 valence electrons. The van der Waals surface area contributed by atoms with Gasteiger partial charge in [-0.15, -0.1) is 0 Å². The number of rotatable bonds is 4. The van der Waals surface area contributed by atoms with Crippen molar-refractivity contribution in [2.45, 2.75) is 0 Å². The van der Waals surface area contributed by atoms with Gasteiger partial charge in [0.15, 0.2) is 9.74 Å². The zero-order chi connectivity index (χ0) is 16.2. The molecular formula is C17H12N2O2S2. The van der Waals surface area contributed by atoms with Crippen LogP contribution in [0, 0.1) is 3.95 Å². The van der Waals surface area contributed by atoms with Crippen molar-refractivity contribution in [2.24, 2.45) is 4.99 Å². The molecule has 2 aromatic carbocycles. The normalized spacial score (nSPS) is 11.0. The first-order valence-electron chi connectivity index (χ1n) is 6.79. The number of carbonyl (C=O) groups excluding carboxylic acids is 1. The Morgan fingerprint density at radius 2 is 1.74 bits per heavy atom. The van der Waals surface area contributed by atoms with Crippen LogP contribution >= 0.6 is 23.6 Å². The Kier molecular flexibility index (Phi) is 4.45. The minimum absolute atomic E-state index is 0.0135. The van der Waals surface area contributed by atoms with Gasteiger partial charge in [-0.2, -0.15) is 0 Å². The highest BCUT2D eigenvalue weighted by molar-refractivity contribution is 7.73. The minimum atomic E-state index is -0.0256. The maximum absolute atomic E-state index is 12.3. The van der Waals surface area contributed by atoms with Crippen LogP contribution in [-0.2, 0) is 0 Å². The Morgan fingerprint density at radius 3 is 2.35 bits per heavy atom. The van der Waals surface area contributed by atoms with E-state index in [0.29, 0.717) is 25.6 Å². The Balaban J connectivity index is 1.78. The molecular weight excluding hydrogens is 328 g/mol. The molecule has 4 nitrogen and oxygen atoms in total. The highest BCUT2D eigenvalue weighted by atomic mass is 32.1. The lowest BCUT2D eigenvalue weighted by Gasteiger charge is -2.01. The molecule has 6 heteroatoms. The summed E-state index contributed by atoms with van der Waals surface area (Å²) >= 11 is 6.19. The van der Waals surface area contributed by atoms with E-state index in [9.17, 15) is 9.90 Å². The van der Waals surface area contributed by atoms with Crippen molar-refractivity contribution in [3.8, 4) is 5.88 Å². The molecule has 0 unspecified atom stereocenters. The third-order valence-corrected chi connectivity index (χ3v) is 4.31. The number of carbonyl (C=O) groups is 1. The maximum atomic E-state index is 12.3. The van der Waals surface area contributed by atoms with Crippen LogP contribution in [0.4, 0.5) is 5.69 Å². The average molecular weight is 340 g/mol. The van der Waals surface area contributed by atoms with E-state index in [1.807, 2.05) is 18.2 Å². The van der Waals surface area contributed by atoms with Gasteiger partial charge in [-0.25, -0.2) is 0 Å². The summed E-state index contributed by atoms with van der Waals surface area (Å²) in [5, 5.41) is 9.60. The summed E-state index contributed by atoms with van der Waals surface area (Å²) in [5.74, 6) is -0.0120. The van der Waals surface area contributed by atoms with Gasteiger partial charge in [0, 0.05) is 11.1 Å². The van der Waals surface area contributed by atoms with E-state index in [2.05, 4.69) is 9.98 Å². The number of aliphatic imine (C=N–C) groups is 1. The number of ketones is 1. The van der Waals surface area contributed by atoms with Crippen molar-refractivity contribution in [3.63, 3.8) is 0 Å². The molecule has 23 heavy (non-hydrogen) atoms. The number of aromatic hydroxyl groups is 1. The van der Waals surface area contributed by atoms with Gasteiger partial charge < -0.3 is 10.1 Å². The quantitative estimate of drug-likeness (QED) is 0.418. The molecule has 0 aliphatic carbocycles. The molecule has 1 heterocycles. The van der Waals surface area contributed by atoms with E-state index in [4.69, 9.17) is 12.2 Å². The van der Waals surface area contributed by atoms with Gasteiger partial charge in [-0.1, -0.05) is 41.7 Å². The first-order valence-corrected chi connectivity index (χ1v) is 8.02. The lowest BCUT2D eigenvalue weighted by atomic mass is 10.0. The largest absolute Gasteiger partial charge is 0.494 e. The van der Waals surface area contributed by atoms with Crippen LogP contribution in [0.3, 0.4) is 0 Å². The molecule has 3 rings (SSSR count). The van der Waals surface area contributed by atoms with Gasteiger partial charge in [-0.05, 0) is 36.5 Å². The van der Waals surface area contributed by atoms with Crippen LogP contribution in [0.25, 0.3) is 0 Å². The Bertz CT molecular complexity index is 910. The number of hydrogen-bond acceptors (Lipinski definition) is 5. The van der Waals surface area contributed by atoms with E-state index in [1.54, 1.807) is 42.6 Å². The number of hydrogen-bond donors (Lipinski definition) is 2. The van der Waals surface area contributed by atoms with Crippen molar-refractivity contribution < 1.29 is 9.90 Å². The number of H-pyrrole nitrogens is 1. The molecule has 0 atom stereocenters. The van der Waals surface area contributed by atoms with Crippen molar-refractivity contribution in [2.75, 3.05) is 0 Å². The number of aromatic amines is 1. The Morgan fingerprint density at radius 1 is 1.09 bits per heavy atom. The Labute approximate surface area is 141 Å². The number of benzene rings is 2. The smallest absolute Gasteiger partial charge is 0.209 e. The van der Waals surface area contributed by atoms with Crippen LogP contribution in [0.15, 0.2) is 59.6 Å². The van der Waals surface area contributed by atoms with Crippen LogP contribution in [0.5, 0.6) is 5.88 Å². The van der Waals surface area contributed by atoms with Gasteiger partial charge in [0.05, 0.1) is 11.9 Å². The van der Waals surface area contributed by atoms with Crippen LogP contribution in [-0.4, -0.2) is 22.1 Å². The third-order valence-electron chi connectivity index (χ3n) is 3.15. The molecule has 2 N–H and O–H groups in total. The molecule has 0 aliphatic heterocycles.